The average molecular weight is 448 g/mol. The van der Waals surface area contributed by atoms with Gasteiger partial charge in [-0.15, -0.1) is 0 Å². The summed E-state index contributed by atoms with van der Waals surface area (Å²) in [6, 6.07) is 17.5. The second-order valence-corrected chi connectivity index (χ2v) is 8.84. The molecule has 0 N–H and O–H groups in total. The highest BCUT2D eigenvalue weighted by atomic mass is 19.1. The number of halogens is 1. The van der Waals surface area contributed by atoms with Gasteiger partial charge in [-0.25, -0.2) is 4.39 Å². The number of aryl methyl sites for hydroxylation is 1. The molecule has 0 aliphatic rings. The molecule has 0 unspecified atom stereocenters. The normalized spacial score (nSPS) is 11.0. The largest absolute Gasteiger partial charge is 0.494 e. The van der Waals surface area contributed by atoms with E-state index in [1.54, 1.807) is 6.07 Å². The minimum Gasteiger partial charge on any atom is -0.494 e. The molecule has 0 amide bonds. The van der Waals surface area contributed by atoms with Crippen LogP contribution >= 0.6 is 0 Å². The van der Waals surface area contributed by atoms with Crippen molar-refractivity contribution in [1.29, 1.82) is 0 Å². The standard InChI is InChI=1S/C30H38FNO/c1-3-5-7-8-9-10-11-21-33-27-17-14-25(15-18-27)26-16-20-30(32-23-26)28-19-13-24(12-6-4-2)22-29(28)31/h13-20,22-23H,3-12,21H2,1-2H3. The van der Waals surface area contributed by atoms with Gasteiger partial charge in [-0.3, -0.25) is 4.98 Å². The molecule has 1 aromatic heterocycles. The van der Waals surface area contributed by atoms with Crippen LogP contribution in [0.15, 0.2) is 60.8 Å². The number of nitrogens with zero attached hydrogens (tertiary/aromatic N) is 1. The Morgan fingerprint density at radius 1 is 0.727 bits per heavy atom. The second kappa shape index (κ2) is 13.8. The summed E-state index contributed by atoms with van der Waals surface area (Å²) in [7, 11) is 0. The lowest BCUT2D eigenvalue weighted by Crippen LogP contribution is -1.97. The molecule has 1 heterocycles. The first-order chi connectivity index (χ1) is 16.2. The topological polar surface area (TPSA) is 22.1 Å². The van der Waals surface area contributed by atoms with E-state index in [0.29, 0.717) is 11.3 Å². The zero-order valence-corrected chi connectivity index (χ0v) is 20.3. The summed E-state index contributed by atoms with van der Waals surface area (Å²) >= 11 is 0. The van der Waals surface area contributed by atoms with Crippen LogP contribution < -0.4 is 4.74 Å². The van der Waals surface area contributed by atoms with Gasteiger partial charge in [-0.1, -0.05) is 83.1 Å². The van der Waals surface area contributed by atoms with E-state index in [9.17, 15) is 4.39 Å². The highest BCUT2D eigenvalue weighted by Crippen LogP contribution is 2.26. The molecule has 0 aliphatic heterocycles. The number of hydrogen-bond acceptors (Lipinski definition) is 2. The van der Waals surface area contributed by atoms with Gasteiger partial charge in [0.1, 0.15) is 11.6 Å². The fourth-order valence-electron chi connectivity index (χ4n) is 4.02. The SMILES string of the molecule is CCCCCCCCCOc1ccc(-c2ccc(-c3ccc(CCCC)cc3F)nc2)cc1. The number of unbranched alkanes of at least 4 members (excludes halogenated alkanes) is 7. The number of benzene rings is 2. The van der Waals surface area contributed by atoms with Crippen molar-refractivity contribution in [2.75, 3.05) is 6.61 Å². The van der Waals surface area contributed by atoms with Gasteiger partial charge in [0.05, 0.1) is 12.3 Å². The Labute approximate surface area is 199 Å². The van der Waals surface area contributed by atoms with E-state index in [2.05, 4.69) is 31.0 Å². The third kappa shape index (κ3) is 7.99. The van der Waals surface area contributed by atoms with Crippen molar-refractivity contribution in [3.05, 3.63) is 72.2 Å². The Morgan fingerprint density at radius 3 is 2.09 bits per heavy atom. The molecule has 33 heavy (non-hydrogen) atoms. The van der Waals surface area contributed by atoms with Crippen molar-refractivity contribution >= 4 is 0 Å². The average Bonchev–Trinajstić information content (AvgIpc) is 2.85. The van der Waals surface area contributed by atoms with E-state index < -0.39 is 0 Å². The third-order valence-corrected chi connectivity index (χ3v) is 6.10. The summed E-state index contributed by atoms with van der Waals surface area (Å²) < 4.78 is 20.5. The minimum atomic E-state index is -0.202. The summed E-state index contributed by atoms with van der Waals surface area (Å²) in [5.41, 5.74) is 4.35. The van der Waals surface area contributed by atoms with Crippen LogP contribution in [-0.4, -0.2) is 11.6 Å². The molecular weight excluding hydrogens is 409 g/mol. The fraction of sp³-hybridized carbons (Fsp3) is 0.433. The van der Waals surface area contributed by atoms with Crippen molar-refractivity contribution < 1.29 is 9.13 Å². The van der Waals surface area contributed by atoms with E-state index in [4.69, 9.17) is 4.74 Å². The quantitative estimate of drug-likeness (QED) is 0.230. The summed E-state index contributed by atoms with van der Waals surface area (Å²) in [6.07, 6.45) is 13.9. The van der Waals surface area contributed by atoms with E-state index in [0.717, 1.165) is 54.7 Å². The first-order valence-corrected chi connectivity index (χ1v) is 12.7. The first kappa shape index (κ1) is 25.0. The lowest BCUT2D eigenvalue weighted by atomic mass is 10.0. The molecule has 0 fully saturated rings. The Kier molecular flexibility index (Phi) is 10.4. The van der Waals surface area contributed by atoms with E-state index in [1.165, 1.54) is 38.5 Å². The van der Waals surface area contributed by atoms with Gasteiger partial charge in [0.25, 0.3) is 0 Å². The molecule has 3 heteroatoms. The van der Waals surface area contributed by atoms with Crippen LogP contribution in [0.25, 0.3) is 22.4 Å². The van der Waals surface area contributed by atoms with Crippen molar-refractivity contribution in [1.82, 2.24) is 4.98 Å². The van der Waals surface area contributed by atoms with Crippen molar-refractivity contribution in [2.45, 2.75) is 78.1 Å². The highest BCUT2D eigenvalue weighted by Gasteiger charge is 2.08. The fourth-order valence-corrected chi connectivity index (χ4v) is 4.02. The van der Waals surface area contributed by atoms with Crippen LogP contribution in [-0.2, 0) is 6.42 Å². The van der Waals surface area contributed by atoms with Crippen molar-refractivity contribution in [2.24, 2.45) is 0 Å². The Hall–Kier alpha value is -2.68. The Morgan fingerprint density at radius 2 is 1.42 bits per heavy atom. The molecule has 0 aliphatic carbocycles. The summed E-state index contributed by atoms with van der Waals surface area (Å²) in [5.74, 6) is 0.700. The van der Waals surface area contributed by atoms with Crippen LogP contribution in [0.4, 0.5) is 4.39 Å². The summed E-state index contributed by atoms with van der Waals surface area (Å²) in [6.45, 7) is 5.17. The maximum absolute atomic E-state index is 14.6. The Bertz CT molecular complexity index is 950. The van der Waals surface area contributed by atoms with Gasteiger partial charge in [-0.2, -0.15) is 0 Å². The van der Waals surface area contributed by atoms with Crippen molar-refractivity contribution in [3.63, 3.8) is 0 Å². The molecule has 0 radical (unpaired) electrons. The summed E-state index contributed by atoms with van der Waals surface area (Å²) in [4.78, 5) is 4.53. The molecule has 0 bridgehead atoms. The van der Waals surface area contributed by atoms with E-state index >= 15 is 0 Å². The maximum atomic E-state index is 14.6. The number of rotatable bonds is 14. The van der Waals surface area contributed by atoms with Crippen LogP contribution in [0.1, 0.15) is 77.2 Å². The zero-order chi connectivity index (χ0) is 23.3. The minimum absolute atomic E-state index is 0.202. The number of ether oxygens (including phenoxy) is 1. The second-order valence-electron chi connectivity index (χ2n) is 8.84. The van der Waals surface area contributed by atoms with Gasteiger partial charge in [0.2, 0.25) is 0 Å². The molecule has 0 saturated heterocycles. The molecule has 0 saturated carbocycles. The zero-order valence-electron chi connectivity index (χ0n) is 20.3. The molecule has 176 valence electrons. The molecule has 0 atom stereocenters. The van der Waals surface area contributed by atoms with Crippen LogP contribution in [0.5, 0.6) is 5.75 Å². The predicted molar refractivity (Wildman–Crippen MR) is 137 cm³/mol. The van der Waals surface area contributed by atoms with Gasteiger partial charge in [0, 0.05) is 17.3 Å². The lowest BCUT2D eigenvalue weighted by molar-refractivity contribution is 0.304. The first-order valence-electron chi connectivity index (χ1n) is 12.7. The molecule has 3 aromatic rings. The molecule has 2 nitrogen and oxygen atoms in total. The molecule has 2 aromatic carbocycles. The van der Waals surface area contributed by atoms with Crippen LogP contribution in [0, 0.1) is 5.82 Å². The van der Waals surface area contributed by atoms with E-state index in [-0.39, 0.29) is 5.82 Å². The maximum Gasteiger partial charge on any atom is 0.132 e. The van der Waals surface area contributed by atoms with E-state index in [1.807, 2.05) is 42.6 Å². The lowest BCUT2D eigenvalue weighted by Gasteiger charge is -2.09. The van der Waals surface area contributed by atoms with Crippen LogP contribution in [0.2, 0.25) is 0 Å². The number of pyridine rings is 1. The summed E-state index contributed by atoms with van der Waals surface area (Å²) in [5, 5.41) is 0. The Balaban J connectivity index is 1.50. The monoisotopic (exact) mass is 447 g/mol. The van der Waals surface area contributed by atoms with Crippen LogP contribution in [0.3, 0.4) is 0 Å². The smallest absolute Gasteiger partial charge is 0.132 e. The third-order valence-electron chi connectivity index (χ3n) is 6.10. The molecule has 0 spiro atoms. The molecule has 3 rings (SSSR count). The number of hydrogen-bond donors (Lipinski definition) is 0. The molecular formula is C30H38FNO. The van der Waals surface area contributed by atoms with Gasteiger partial charge in [0.15, 0.2) is 0 Å². The predicted octanol–water partition coefficient (Wildman–Crippen LogP) is 9.03. The van der Waals surface area contributed by atoms with Gasteiger partial charge >= 0.3 is 0 Å². The van der Waals surface area contributed by atoms with Gasteiger partial charge < -0.3 is 4.74 Å². The highest BCUT2D eigenvalue weighted by molar-refractivity contribution is 5.67. The van der Waals surface area contributed by atoms with Gasteiger partial charge in [-0.05, 0) is 60.7 Å². The number of aromatic nitrogens is 1. The van der Waals surface area contributed by atoms with Crippen molar-refractivity contribution in [3.8, 4) is 28.1 Å².